The molecule has 1 aliphatic heterocycles. The SMILES string of the molecule is CCNC(=O)c1nnc(-c2cc(C(C)C)c(OC)cc2O)n1-c1ccc(CN2CCNCC2)cc1. The molecule has 2 heterocycles. The summed E-state index contributed by atoms with van der Waals surface area (Å²) in [7, 11) is 1.58. The number of rotatable bonds is 8. The molecule has 1 saturated heterocycles. The first-order valence-corrected chi connectivity index (χ1v) is 12.1. The number of piperazine rings is 1. The smallest absolute Gasteiger partial charge is 0.289 e. The van der Waals surface area contributed by atoms with E-state index in [1.54, 1.807) is 17.7 Å². The summed E-state index contributed by atoms with van der Waals surface area (Å²) >= 11 is 0. The van der Waals surface area contributed by atoms with Crippen molar-refractivity contribution in [2.24, 2.45) is 0 Å². The van der Waals surface area contributed by atoms with E-state index in [9.17, 15) is 9.90 Å². The van der Waals surface area contributed by atoms with Crippen molar-refractivity contribution in [1.29, 1.82) is 0 Å². The summed E-state index contributed by atoms with van der Waals surface area (Å²) in [5.74, 6) is 1.01. The van der Waals surface area contributed by atoms with Crippen molar-refractivity contribution in [3.8, 4) is 28.6 Å². The highest BCUT2D eigenvalue weighted by atomic mass is 16.5. The maximum absolute atomic E-state index is 12.8. The molecule has 1 aliphatic rings. The van der Waals surface area contributed by atoms with Crippen LogP contribution in [0.3, 0.4) is 0 Å². The van der Waals surface area contributed by atoms with E-state index in [1.165, 1.54) is 5.56 Å². The largest absolute Gasteiger partial charge is 0.507 e. The zero-order chi connectivity index (χ0) is 24.9. The first kappa shape index (κ1) is 24.7. The van der Waals surface area contributed by atoms with Crippen LogP contribution in [0.1, 0.15) is 48.4 Å². The molecule has 1 aromatic heterocycles. The first-order chi connectivity index (χ1) is 16.9. The van der Waals surface area contributed by atoms with Crippen LogP contribution in [-0.2, 0) is 6.54 Å². The molecule has 0 aliphatic carbocycles. The van der Waals surface area contributed by atoms with Crippen molar-refractivity contribution in [3.63, 3.8) is 0 Å². The van der Waals surface area contributed by atoms with Gasteiger partial charge in [0.2, 0.25) is 5.82 Å². The van der Waals surface area contributed by atoms with Gasteiger partial charge in [0, 0.05) is 51.0 Å². The average molecular weight is 479 g/mol. The number of nitrogens with one attached hydrogen (secondary N) is 2. The summed E-state index contributed by atoms with van der Waals surface area (Å²) in [6.45, 7) is 11.4. The fourth-order valence-electron chi connectivity index (χ4n) is 4.36. The minimum absolute atomic E-state index is 0.0117. The Bertz CT molecular complexity index is 1170. The molecule has 4 rings (SSSR count). The standard InChI is InChI=1S/C26H34N6O3/c1-5-28-26(34)25-30-29-24(21-14-20(17(2)3)23(35-4)15-22(21)33)32(25)19-8-6-18(7-9-19)16-31-12-10-27-11-13-31/h6-9,14-15,17,27,33H,5,10-13,16H2,1-4H3,(H,28,34). The molecule has 0 radical (unpaired) electrons. The van der Waals surface area contributed by atoms with E-state index in [4.69, 9.17) is 4.74 Å². The number of carbonyl (C=O) groups excluding carboxylic acids is 1. The average Bonchev–Trinajstić information content (AvgIpc) is 3.30. The molecule has 3 aromatic rings. The summed E-state index contributed by atoms with van der Waals surface area (Å²) < 4.78 is 7.17. The molecule has 0 spiro atoms. The molecule has 0 unspecified atom stereocenters. The number of hydrogen-bond acceptors (Lipinski definition) is 7. The van der Waals surface area contributed by atoms with Crippen LogP contribution >= 0.6 is 0 Å². The van der Waals surface area contributed by atoms with Crippen LogP contribution < -0.4 is 15.4 Å². The normalized spacial score (nSPS) is 14.3. The molecule has 9 nitrogen and oxygen atoms in total. The second-order valence-corrected chi connectivity index (χ2v) is 9.00. The molecular formula is C26H34N6O3. The van der Waals surface area contributed by atoms with Crippen molar-refractivity contribution >= 4 is 5.91 Å². The molecule has 2 aromatic carbocycles. The molecule has 186 valence electrons. The fraction of sp³-hybridized carbons (Fsp3) is 0.423. The third-order valence-corrected chi connectivity index (χ3v) is 6.22. The van der Waals surface area contributed by atoms with Crippen LogP contribution in [-0.4, -0.2) is 70.5 Å². The van der Waals surface area contributed by atoms with E-state index >= 15 is 0 Å². The van der Waals surface area contributed by atoms with Gasteiger partial charge in [-0.25, -0.2) is 0 Å². The Balaban J connectivity index is 1.77. The third-order valence-electron chi connectivity index (χ3n) is 6.22. The quantitative estimate of drug-likeness (QED) is 0.457. The second kappa shape index (κ2) is 10.9. The maximum Gasteiger partial charge on any atom is 0.289 e. The van der Waals surface area contributed by atoms with Crippen molar-refractivity contribution in [3.05, 3.63) is 53.3 Å². The highest BCUT2D eigenvalue weighted by Gasteiger charge is 2.24. The van der Waals surface area contributed by atoms with E-state index in [-0.39, 0.29) is 23.4 Å². The van der Waals surface area contributed by atoms with Gasteiger partial charge in [0.1, 0.15) is 11.5 Å². The Morgan fingerprint density at radius 1 is 1.17 bits per heavy atom. The Kier molecular flexibility index (Phi) is 7.67. The van der Waals surface area contributed by atoms with Crippen molar-refractivity contribution in [2.45, 2.75) is 33.2 Å². The van der Waals surface area contributed by atoms with E-state index in [1.807, 2.05) is 25.1 Å². The zero-order valence-corrected chi connectivity index (χ0v) is 20.8. The third kappa shape index (κ3) is 5.31. The zero-order valence-electron chi connectivity index (χ0n) is 20.8. The fourth-order valence-corrected chi connectivity index (χ4v) is 4.36. The minimum atomic E-state index is -0.326. The van der Waals surface area contributed by atoms with Gasteiger partial charge in [-0.15, -0.1) is 10.2 Å². The number of phenols is 1. The van der Waals surface area contributed by atoms with E-state index < -0.39 is 0 Å². The van der Waals surface area contributed by atoms with Gasteiger partial charge >= 0.3 is 0 Å². The van der Waals surface area contributed by atoms with Gasteiger partial charge in [0.05, 0.1) is 12.7 Å². The minimum Gasteiger partial charge on any atom is -0.507 e. The lowest BCUT2D eigenvalue weighted by atomic mass is 9.98. The Morgan fingerprint density at radius 3 is 2.51 bits per heavy atom. The van der Waals surface area contributed by atoms with Crippen LogP contribution in [0.5, 0.6) is 11.5 Å². The van der Waals surface area contributed by atoms with Gasteiger partial charge < -0.3 is 20.5 Å². The van der Waals surface area contributed by atoms with Gasteiger partial charge in [0.25, 0.3) is 5.91 Å². The Hall–Kier alpha value is -3.43. The molecule has 1 amide bonds. The van der Waals surface area contributed by atoms with Gasteiger partial charge in [-0.2, -0.15) is 0 Å². The number of phenolic OH excluding ortho intramolecular Hbond substituents is 1. The summed E-state index contributed by atoms with van der Waals surface area (Å²) in [5, 5.41) is 25.6. The molecular weight excluding hydrogens is 444 g/mol. The lowest BCUT2D eigenvalue weighted by Gasteiger charge is -2.27. The number of methoxy groups -OCH3 is 1. The van der Waals surface area contributed by atoms with Gasteiger partial charge in [-0.3, -0.25) is 14.3 Å². The number of amides is 1. The highest BCUT2D eigenvalue weighted by Crippen LogP contribution is 2.38. The number of ether oxygens (including phenoxy) is 1. The number of aromatic hydroxyl groups is 1. The molecule has 0 atom stereocenters. The van der Waals surface area contributed by atoms with Gasteiger partial charge in [-0.1, -0.05) is 26.0 Å². The number of benzene rings is 2. The topological polar surface area (TPSA) is 105 Å². The summed E-state index contributed by atoms with van der Waals surface area (Å²) in [6.07, 6.45) is 0. The van der Waals surface area contributed by atoms with Crippen molar-refractivity contribution < 1.29 is 14.6 Å². The Labute approximate surface area is 206 Å². The predicted molar refractivity (Wildman–Crippen MR) is 135 cm³/mol. The van der Waals surface area contributed by atoms with E-state index in [0.717, 1.165) is 44.0 Å². The predicted octanol–water partition coefficient (Wildman–Crippen LogP) is 2.93. The van der Waals surface area contributed by atoms with Gasteiger partial charge in [0.15, 0.2) is 5.82 Å². The van der Waals surface area contributed by atoms with Crippen molar-refractivity contribution in [1.82, 2.24) is 30.3 Å². The molecule has 35 heavy (non-hydrogen) atoms. The number of nitrogens with zero attached hydrogens (tertiary/aromatic N) is 4. The summed E-state index contributed by atoms with van der Waals surface area (Å²) in [4.78, 5) is 15.3. The van der Waals surface area contributed by atoms with Crippen LogP contribution in [0.2, 0.25) is 0 Å². The lowest BCUT2D eigenvalue weighted by Crippen LogP contribution is -2.42. The molecule has 1 fully saturated rings. The number of hydrogen-bond donors (Lipinski definition) is 3. The second-order valence-electron chi connectivity index (χ2n) is 9.00. The summed E-state index contributed by atoms with van der Waals surface area (Å²) in [6, 6.07) is 11.5. The molecule has 0 saturated carbocycles. The van der Waals surface area contributed by atoms with Crippen LogP contribution in [0.4, 0.5) is 0 Å². The summed E-state index contributed by atoms with van der Waals surface area (Å²) in [5.41, 5.74) is 3.36. The van der Waals surface area contributed by atoms with Crippen molar-refractivity contribution in [2.75, 3.05) is 39.8 Å². The highest BCUT2D eigenvalue weighted by molar-refractivity contribution is 5.92. The lowest BCUT2D eigenvalue weighted by molar-refractivity contribution is 0.0943. The van der Waals surface area contributed by atoms with Crippen LogP contribution in [0.25, 0.3) is 17.1 Å². The number of carbonyl (C=O) groups is 1. The maximum atomic E-state index is 12.8. The van der Waals surface area contributed by atoms with E-state index in [0.29, 0.717) is 23.7 Å². The van der Waals surface area contributed by atoms with Gasteiger partial charge in [-0.05, 0) is 42.2 Å². The first-order valence-electron chi connectivity index (χ1n) is 12.1. The molecule has 3 N–H and O–H groups in total. The molecule has 9 heteroatoms. The monoisotopic (exact) mass is 478 g/mol. The van der Waals surface area contributed by atoms with Crippen LogP contribution in [0.15, 0.2) is 36.4 Å². The van der Waals surface area contributed by atoms with E-state index in [2.05, 4.69) is 51.7 Å². The van der Waals surface area contributed by atoms with Crippen LogP contribution in [0, 0.1) is 0 Å². The number of aromatic nitrogens is 3. The Morgan fingerprint density at radius 2 is 1.89 bits per heavy atom. The molecule has 0 bridgehead atoms.